The van der Waals surface area contributed by atoms with Crippen LogP contribution < -0.4 is 15.8 Å². The molecule has 11 nitrogen and oxygen atoms in total. The minimum atomic E-state index is -1.03. The molecule has 11 heteroatoms. The molecule has 0 aromatic heterocycles. The van der Waals surface area contributed by atoms with E-state index >= 15 is 0 Å². The van der Waals surface area contributed by atoms with Crippen molar-refractivity contribution >= 4 is 17.5 Å². The van der Waals surface area contributed by atoms with Crippen molar-refractivity contribution in [1.82, 2.24) is 15.1 Å². The monoisotopic (exact) mass is 540 g/mol. The van der Waals surface area contributed by atoms with Gasteiger partial charge in [0.1, 0.15) is 6.23 Å². The molecule has 0 radical (unpaired) electrons. The van der Waals surface area contributed by atoms with E-state index < -0.39 is 42.1 Å². The molecule has 5 rings (SSSR count). The van der Waals surface area contributed by atoms with Crippen LogP contribution in [-0.2, 0) is 25.5 Å². The lowest BCUT2D eigenvalue weighted by Crippen LogP contribution is -2.71. The Kier molecular flexibility index (Phi) is 6.82. The minimum absolute atomic E-state index is 0.0320. The first-order valence-electron chi connectivity index (χ1n) is 13.1. The quantitative estimate of drug-likeness (QED) is 0.381. The number of ketones is 2. The number of rotatable bonds is 5. The molecule has 2 bridgehead atoms. The molecule has 3 aliphatic heterocycles. The van der Waals surface area contributed by atoms with E-state index in [4.69, 9.17) is 15.2 Å². The van der Waals surface area contributed by atoms with Gasteiger partial charge in [0.15, 0.2) is 23.0 Å². The minimum Gasteiger partial charge on any atom is -0.504 e. The number of carbonyl (C=O) groups is 3. The molecule has 210 valence electrons. The lowest BCUT2D eigenvalue weighted by Gasteiger charge is -2.60. The largest absolute Gasteiger partial charge is 0.504 e. The number of nitrogens with one attached hydrogen (secondary N) is 1. The first kappa shape index (κ1) is 27.3. The number of Topliss-reactive ketones (excluding diaryl/α,β-unsaturated/α-hetero) is 2. The first-order chi connectivity index (χ1) is 18.4. The van der Waals surface area contributed by atoms with E-state index in [0.717, 1.165) is 11.1 Å². The van der Waals surface area contributed by atoms with Gasteiger partial charge in [-0.15, -0.1) is 0 Å². The van der Waals surface area contributed by atoms with Crippen LogP contribution in [-0.4, -0.2) is 95.7 Å². The number of hydrogen-bond donors (Lipinski definition) is 4. The summed E-state index contributed by atoms with van der Waals surface area (Å²) in [6.07, 6.45) is -0.411. The highest BCUT2D eigenvalue weighted by molar-refractivity contribution is 6.25. The third kappa shape index (κ3) is 3.90. The number of aliphatic hydroxyl groups is 1. The number of likely N-dealkylation sites (N-methyl/N-ethyl adjacent to an activating group) is 1. The van der Waals surface area contributed by atoms with E-state index in [1.807, 2.05) is 29.8 Å². The second kappa shape index (κ2) is 9.74. The molecule has 1 amide bonds. The Morgan fingerprint density at radius 1 is 1.18 bits per heavy atom. The molecule has 1 aliphatic carbocycles. The number of allylic oxidation sites excluding steroid dienone is 2. The molecular formula is C28H36N4O7. The van der Waals surface area contributed by atoms with Crippen molar-refractivity contribution < 1.29 is 34.1 Å². The molecular weight excluding hydrogens is 504 g/mol. The van der Waals surface area contributed by atoms with Crippen LogP contribution >= 0.6 is 0 Å². The van der Waals surface area contributed by atoms with Gasteiger partial charge in [-0.25, -0.2) is 0 Å². The number of aromatic hydroxyl groups is 1. The Morgan fingerprint density at radius 2 is 1.87 bits per heavy atom. The number of piperazine rings is 1. The number of nitrogens with zero attached hydrogens (tertiary/aromatic N) is 2. The van der Waals surface area contributed by atoms with Gasteiger partial charge in [-0.1, -0.05) is 6.07 Å². The number of ether oxygens (including phenoxy) is 2. The van der Waals surface area contributed by atoms with E-state index in [1.54, 1.807) is 13.8 Å². The van der Waals surface area contributed by atoms with Crippen molar-refractivity contribution in [1.29, 1.82) is 0 Å². The number of methoxy groups -OCH3 is 2. The standard InChI is InChI=1S/C28H36N4O7/c1-11-7-14-8-17-28(37)32-16(21(31(17)4)19(14)23(34)25(11)38-5)9-15-20(18(32)10-30-27(36)13(3)29)24(35)26(39-6)12(2)22(15)33/h7,13,16-18,21,28,34,37H,8-10,29H2,1-6H3,(H,30,36)/t13-,16-,17+,18+,21+,28+/m0/s1. The van der Waals surface area contributed by atoms with Gasteiger partial charge < -0.3 is 30.7 Å². The average Bonchev–Trinajstić information content (AvgIpc) is 2.88. The van der Waals surface area contributed by atoms with Gasteiger partial charge >= 0.3 is 0 Å². The van der Waals surface area contributed by atoms with E-state index in [-0.39, 0.29) is 47.4 Å². The van der Waals surface area contributed by atoms with Gasteiger partial charge in [-0.05, 0) is 51.8 Å². The Hall–Kier alpha value is -3.25. The van der Waals surface area contributed by atoms with E-state index in [0.29, 0.717) is 23.3 Å². The Bertz CT molecular complexity index is 1330. The average molecular weight is 541 g/mol. The van der Waals surface area contributed by atoms with Gasteiger partial charge in [-0.3, -0.25) is 24.2 Å². The molecule has 0 unspecified atom stereocenters. The maximum atomic E-state index is 13.7. The number of fused-ring (bicyclic) bond motifs is 6. The van der Waals surface area contributed by atoms with Crippen LogP contribution in [0.4, 0.5) is 0 Å². The van der Waals surface area contributed by atoms with Crippen molar-refractivity contribution in [3.8, 4) is 11.5 Å². The van der Waals surface area contributed by atoms with Crippen LogP contribution in [0.5, 0.6) is 11.5 Å². The van der Waals surface area contributed by atoms with Crippen molar-refractivity contribution in [2.75, 3.05) is 27.8 Å². The molecule has 5 N–H and O–H groups in total. The summed E-state index contributed by atoms with van der Waals surface area (Å²) < 4.78 is 10.8. The predicted octanol–water partition coefficient (Wildman–Crippen LogP) is 0.214. The summed E-state index contributed by atoms with van der Waals surface area (Å²) in [5.74, 6) is -0.774. The number of aryl methyl sites for hydroxylation is 1. The smallest absolute Gasteiger partial charge is 0.236 e. The molecule has 1 aromatic rings. The number of hydrogen-bond acceptors (Lipinski definition) is 10. The molecule has 0 saturated carbocycles. The summed E-state index contributed by atoms with van der Waals surface area (Å²) in [4.78, 5) is 43.7. The molecule has 1 aromatic carbocycles. The van der Waals surface area contributed by atoms with Crippen LogP contribution in [0, 0.1) is 6.92 Å². The van der Waals surface area contributed by atoms with Gasteiger partial charge in [0, 0.05) is 34.9 Å². The van der Waals surface area contributed by atoms with Crippen molar-refractivity contribution in [3.63, 3.8) is 0 Å². The Balaban J connectivity index is 1.69. The predicted molar refractivity (Wildman–Crippen MR) is 141 cm³/mol. The molecule has 39 heavy (non-hydrogen) atoms. The highest BCUT2D eigenvalue weighted by atomic mass is 16.5. The highest BCUT2D eigenvalue weighted by Crippen LogP contribution is 2.53. The van der Waals surface area contributed by atoms with Crippen LogP contribution in [0.15, 0.2) is 28.5 Å². The number of carbonyl (C=O) groups excluding carboxylic acids is 3. The maximum Gasteiger partial charge on any atom is 0.236 e. The summed E-state index contributed by atoms with van der Waals surface area (Å²) in [6, 6.07) is -0.912. The summed E-state index contributed by atoms with van der Waals surface area (Å²) in [7, 11) is 4.74. The first-order valence-corrected chi connectivity index (χ1v) is 13.1. The van der Waals surface area contributed by atoms with Crippen molar-refractivity contribution in [2.24, 2.45) is 5.73 Å². The Morgan fingerprint density at radius 3 is 2.49 bits per heavy atom. The zero-order chi connectivity index (χ0) is 28.5. The normalized spacial score (nSPS) is 29.5. The third-order valence-corrected chi connectivity index (χ3v) is 8.78. The van der Waals surface area contributed by atoms with Gasteiger partial charge in [0.05, 0.1) is 38.4 Å². The maximum absolute atomic E-state index is 13.7. The molecule has 6 atom stereocenters. The second-order valence-corrected chi connectivity index (χ2v) is 10.9. The fraction of sp³-hybridized carbons (Fsp3) is 0.536. The molecule has 4 aliphatic rings. The van der Waals surface area contributed by atoms with E-state index in [9.17, 15) is 24.6 Å². The van der Waals surface area contributed by atoms with E-state index in [1.165, 1.54) is 14.2 Å². The number of phenols is 1. The number of benzene rings is 1. The van der Waals surface area contributed by atoms with Crippen molar-refractivity contribution in [3.05, 3.63) is 45.2 Å². The number of aliphatic hydroxyl groups excluding tert-OH is 1. The van der Waals surface area contributed by atoms with Crippen LogP contribution in [0.2, 0.25) is 0 Å². The zero-order valence-corrected chi connectivity index (χ0v) is 23.1. The fourth-order valence-corrected chi connectivity index (χ4v) is 6.98. The van der Waals surface area contributed by atoms with Gasteiger partial charge in [0.2, 0.25) is 11.7 Å². The molecule has 1 saturated heterocycles. The summed E-state index contributed by atoms with van der Waals surface area (Å²) >= 11 is 0. The summed E-state index contributed by atoms with van der Waals surface area (Å²) in [5, 5.41) is 26.0. The number of nitrogens with two attached hydrogens (primary N) is 1. The van der Waals surface area contributed by atoms with Gasteiger partial charge in [0.25, 0.3) is 0 Å². The summed E-state index contributed by atoms with van der Waals surface area (Å²) in [5.41, 5.74) is 8.92. The van der Waals surface area contributed by atoms with Crippen LogP contribution in [0.1, 0.15) is 43.0 Å². The second-order valence-electron chi connectivity index (χ2n) is 10.9. The third-order valence-electron chi connectivity index (χ3n) is 8.78. The molecule has 0 spiro atoms. The highest BCUT2D eigenvalue weighted by Gasteiger charge is 2.57. The lowest BCUT2D eigenvalue weighted by atomic mass is 9.71. The van der Waals surface area contributed by atoms with Crippen LogP contribution in [0.3, 0.4) is 0 Å². The topological polar surface area (TPSA) is 155 Å². The number of phenolic OH excluding ortho intramolecular Hbond substituents is 1. The summed E-state index contributed by atoms with van der Waals surface area (Å²) in [6.45, 7) is 4.94. The SMILES string of the molecule is COC1=C(C)C(=O)C2=C(C1=O)[C@@H](CNC(=O)[C@H](C)N)N1[C@H](O)[C@H]3Cc4cc(C)c(OC)c(O)c4[C@@H]([C@@H]1C2)N3C. The Labute approximate surface area is 227 Å². The van der Waals surface area contributed by atoms with E-state index in [2.05, 4.69) is 5.32 Å². The lowest BCUT2D eigenvalue weighted by molar-refractivity contribution is -0.167. The van der Waals surface area contributed by atoms with Gasteiger partial charge in [-0.2, -0.15) is 0 Å². The van der Waals surface area contributed by atoms with Crippen LogP contribution in [0.25, 0.3) is 0 Å². The molecule has 3 heterocycles. The zero-order valence-electron chi connectivity index (χ0n) is 23.1. The molecule has 1 fully saturated rings. The number of amides is 1. The van der Waals surface area contributed by atoms with Crippen molar-refractivity contribution in [2.45, 2.75) is 70.0 Å². The fourth-order valence-electron chi connectivity index (χ4n) is 6.98.